The highest BCUT2D eigenvalue weighted by Gasteiger charge is 2.44. The molecule has 0 radical (unpaired) electrons. The topological polar surface area (TPSA) is 149 Å². The summed E-state index contributed by atoms with van der Waals surface area (Å²) in [6, 6.07) is -0.835. The van der Waals surface area contributed by atoms with Crippen LogP contribution in [0.1, 0.15) is 187 Å². The van der Waals surface area contributed by atoms with Gasteiger partial charge in [0.05, 0.1) is 25.4 Å². The predicted octanol–water partition coefficient (Wildman–Crippen LogP) is 10.6. The summed E-state index contributed by atoms with van der Waals surface area (Å²) in [7, 11) is 0. The summed E-state index contributed by atoms with van der Waals surface area (Å²) in [5.41, 5.74) is 0. The van der Waals surface area contributed by atoms with Crippen molar-refractivity contribution in [2.24, 2.45) is 0 Å². The number of hydrogen-bond acceptors (Lipinski definition) is 8. The standard InChI is InChI=1S/C51H89NO8/c1-3-5-7-9-11-13-15-17-19-20-21-22-23-24-25-26-27-29-31-33-35-37-39-41-47(55)52-44(43-59-51-50(58)49(57)48(56)46(42-53)60-51)45(54)40-38-36-34-32-30-28-18-16-14-12-10-8-6-4-2/h14-17,20-21,23-24,30,32,38,40,44-46,48-51,53-54,56-58H,3-13,18-19,22,25-29,31,33-37,39,41-43H2,1-2H3,(H,52,55)/b16-14+,17-15-,21-20-,24-23-,32-30+,40-38+. The van der Waals surface area contributed by atoms with E-state index in [1.165, 1.54) is 89.9 Å². The maximum atomic E-state index is 13.0. The van der Waals surface area contributed by atoms with Gasteiger partial charge in [0.15, 0.2) is 6.29 Å². The van der Waals surface area contributed by atoms with Gasteiger partial charge < -0.3 is 40.3 Å². The van der Waals surface area contributed by atoms with Crippen LogP contribution in [0.2, 0.25) is 0 Å². The molecule has 1 rings (SSSR count). The Morgan fingerprint density at radius 2 is 1.00 bits per heavy atom. The molecule has 0 aliphatic carbocycles. The summed E-state index contributed by atoms with van der Waals surface area (Å²) in [6.45, 7) is 3.70. The second-order valence-electron chi connectivity index (χ2n) is 16.5. The van der Waals surface area contributed by atoms with Gasteiger partial charge in [0, 0.05) is 6.42 Å². The summed E-state index contributed by atoms with van der Waals surface area (Å²) < 4.78 is 11.2. The van der Waals surface area contributed by atoms with Crippen LogP contribution in [0.15, 0.2) is 72.9 Å². The van der Waals surface area contributed by atoms with E-state index in [4.69, 9.17) is 9.47 Å². The first-order valence-electron chi connectivity index (χ1n) is 24.2. The zero-order chi connectivity index (χ0) is 43.7. The number of aliphatic hydroxyl groups excluding tert-OH is 5. The summed E-state index contributed by atoms with van der Waals surface area (Å²) in [4.78, 5) is 13.0. The molecule has 0 aromatic heterocycles. The molecule has 1 saturated heterocycles. The van der Waals surface area contributed by atoms with Gasteiger partial charge >= 0.3 is 0 Å². The van der Waals surface area contributed by atoms with Crippen LogP contribution in [0.4, 0.5) is 0 Å². The lowest BCUT2D eigenvalue weighted by Crippen LogP contribution is -2.60. The van der Waals surface area contributed by atoms with Crippen LogP contribution in [0, 0.1) is 0 Å². The lowest BCUT2D eigenvalue weighted by atomic mass is 9.99. The van der Waals surface area contributed by atoms with E-state index in [1.54, 1.807) is 6.08 Å². The zero-order valence-electron chi connectivity index (χ0n) is 37.9. The number of allylic oxidation sites excluding steroid dienone is 11. The molecule has 7 atom stereocenters. The SMILES string of the molecule is CCCCCC/C=C/CC/C=C/CC/C=C/C(O)C(COC1OC(CO)C(O)C(O)C1O)NC(=O)CCCCCCCCCC/C=C\C/C=C\C/C=C\CCCCCCC. The molecule has 1 heterocycles. The lowest BCUT2D eigenvalue weighted by Gasteiger charge is -2.40. The van der Waals surface area contributed by atoms with Crippen molar-refractivity contribution in [2.75, 3.05) is 13.2 Å². The van der Waals surface area contributed by atoms with Crippen molar-refractivity contribution in [3.63, 3.8) is 0 Å². The molecule has 346 valence electrons. The van der Waals surface area contributed by atoms with Gasteiger partial charge in [0.2, 0.25) is 5.91 Å². The number of rotatable bonds is 39. The van der Waals surface area contributed by atoms with Gasteiger partial charge in [-0.25, -0.2) is 0 Å². The number of ether oxygens (including phenoxy) is 2. The smallest absolute Gasteiger partial charge is 0.220 e. The molecule has 9 nitrogen and oxygen atoms in total. The minimum absolute atomic E-state index is 0.202. The predicted molar refractivity (Wildman–Crippen MR) is 249 cm³/mol. The van der Waals surface area contributed by atoms with Crippen LogP contribution >= 0.6 is 0 Å². The minimum Gasteiger partial charge on any atom is -0.394 e. The molecule has 6 N–H and O–H groups in total. The van der Waals surface area contributed by atoms with E-state index in [0.717, 1.165) is 77.0 Å². The summed E-state index contributed by atoms with van der Waals surface area (Å²) in [5.74, 6) is -0.202. The number of aliphatic hydroxyl groups is 5. The zero-order valence-corrected chi connectivity index (χ0v) is 37.9. The number of amides is 1. The van der Waals surface area contributed by atoms with Crippen LogP contribution in [-0.2, 0) is 14.3 Å². The second kappa shape index (κ2) is 40.7. The van der Waals surface area contributed by atoms with Gasteiger partial charge in [0.25, 0.3) is 0 Å². The van der Waals surface area contributed by atoms with Crippen LogP contribution in [0.25, 0.3) is 0 Å². The van der Waals surface area contributed by atoms with Gasteiger partial charge in [-0.2, -0.15) is 0 Å². The molecule has 0 aromatic rings. The highest BCUT2D eigenvalue weighted by Crippen LogP contribution is 2.22. The summed E-state index contributed by atoms with van der Waals surface area (Å²) >= 11 is 0. The first kappa shape index (κ1) is 55.6. The van der Waals surface area contributed by atoms with Crippen molar-refractivity contribution < 1.29 is 39.8 Å². The number of carbonyl (C=O) groups excluding carboxylic acids is 1. The Morgan fingerprint density at radius 3 is 1.53 bits per heavy atom. The molecule has 9 heteroatoms. The fourth-order valence-corrected chi connectivity index (χ4v) is 7.08. The maximum absolute atomic E-state index is 13.0. The summed E-state index contributed by atoms with van der Waals surface area (Å²) in [5, 5.41) is 54.2. The molecule has 1 aliphatic rings. The highest BCUT2D eigenvalue weighted by atomic mass is 16.7. The van der Waals surface area contributed by atoms with Gasteiger partial charge in [-0.05, 0) is 83.5 Å². The molecule has 7 unspecified atom stereocenters. The first-order valence-corrected chi connectivity index (χ1v) is 24.2. The largest absolute Gasteiger partial charge is 0.394 e. The number of carbonyl (C=O) groups is 1. The fraction of sp³-hybridized carbons (Fsp3) is 0.745. The Balaban J connectivity index is 2.34. The molecule has 60 heavy (non-hydrogen) atoms. The summed E-state index contributed by atoms with van der Waals surface area (Å²) in [6.07, 6.45) is 48.0. The van der Waals surface area contributed by atoms with E-state index in [2.05, 4.69) is 79.9 Å². The maximum Gasteiger partial charge on any atom is 0.220 e. The number of nitrogens with one attached hydrogen (secondary N) is 1. The van der Waals surface area contributed by atoms with Gasteiger partial charge in [-0.3, -0.25) is 4.79 Å². The molecular weight excluding hydrogens is 755 g/mol. The van der Waals surface area contributed by atoms with Gasteiger partial charge in [-0.15, -0.1) is 0 Å². The van der Waals surface area contributed by atoms with Crippen molar-refractivity contribution >= 4 is 5.91 Å². The average Bonchev–Trinajstić information content (AvgIpc) is 3.25. The van der Waals surface area contributed by atoms with Crippen LogP contribution in [0.5, 0.6) is 0 Å². The Labute approximate surface area is 366 Å². The molecule has 0 bridgehead atoms. The van der Waals surface area contributed by atoms with Gasteiger partial charge in [-0.1, -0.05) is 170 Å². The molecule has 0 spiro atoms. The van der Waals surface area contributed by atoms with E-state index >= 15 is 0 Å². The highest BCUT2D eigenvalue weighted by molar-refractivity contribution is 5.76. The van der Waals surface area contributed by atoms with Crippen molar-refractivity contribution in [2.45, 2.75) is 230 Å². The van der Waals surface area contributed by atoms with Crippen molar-refractivity contribution in [3.05, 3.63) is 72.9 Å². The van der Waals surface area contributed by atoms with Gasteiger partial charge in [0.1, 0.15) is 24.4 Å². The quantitative estimate of drug-likeness (QED) is 0.0265. The third-order valence-corrected chi connectivity index (χ3v) is 11.0. The number of unbranched alkanes of at least 4 members (excludes halogenated alkanes) is 19. The van der Waals surface area contributed by atoms with E-state index in [9.17, 15) is 30.3 Å². The normalized spacial score (nSPS) is 21.2. The third kappa shape index (κ3) is 30.6. The second-order valence-corrected chi connectivity index (χ2v) is 16.5. The molecule has 1 aliphatic heterocycles. The Morgan fingerprint density at radius 1 is 0.567 bits per heavy atom. The van der Waals surface area contributed by atoms with E-state index in [1.807, 2.05) is 6.08 Å². The fourth-order valence-electron chi connectivity index (χ4n) is 7.08. The first-order chi connectivity index (χ1) is 29.3. The minimum atomic E-state index is -1.58. The molecule has 0 aromatic carbocycles. The van der Waals surface area contributed by atoms with E-state index in [0.29, 0.717) is 6.42 Å². The van der Waals surface area contributed by atoms with Crippen LogP contribution < -0.4 is 5.32 Å². The third-order valence-electron chi connectivity index (χ3n) is 11.0. The van der Waals surface area contributed by atoms with E-state index in [-0.39, 0.29) is 12.5 Å². The number of hydrogen-bond donors (Lipinski definition) is 6. The Kier molecular flexibility index (Phi) is 37.7. The molecule has 0 saturated carbocycles. The van der Waals surface area contributed by atoms with E-state index < -0.39 is 49.5 Å². The Bertz CT molecular complexity index is 1160. The molecular formula is C51H89NO8. The average molecular weight is 844 g/mol. The van der Waals surface area contributed by atoms with Crippen LogP contribution in [0.3, 0.4) is 0 Å². The monoisotopic (exact) mass is 844 g/mol. The Hall–Kier alpha value is -2.37. The van der Waals surface area contributed by atoms with Crippen molar-refractivity contribution in [1.29, 1.82) is 0 Å². The van der Waals surface area contributed by atoms with Crippen molar-refractivity contribution in [3.8, 4) is 0 Å². The molecule has 1 fully saturated rings. The lowest BCUT2D eigenvalue weighted by molar-refractivity contribution is -0.302. The van der Waals surface area contributed by atoms with Crippen molar-refractivity contribution in [1.82, 2.24) is 5.32 Å². The van der Waals surface area contributed by atoms with Crippen LogP contribution in [-0.4, -0.2) is 87.5 Å². The molecule has 1 amide bonds.